The molecule has 27 heavy (non-hydrogen) atoms. The minimum atomic E-state index is -1.32. The Hall–Kier alpha value is -2.81. The summed E-state index contributed by atoms with van der Waals surface area (Å²) in [5.74, 6) is -5.41. The molecule has 0 saturated carbocycles. The molecule has 1 aliphatic heterocycles. The zero-order valence-corrected chi connectivity index (χ0v) is 14.4. The Morgan fingerprint density at radius 3 is 2.59 bits per heavy atom. The first-order valence-corrected chi connectivity index (χ1v) is 8.34. The van der Waals surface area contributed by atoms with Crippen LogP contribution in [-0.2, 0) is 16.6 Å². The van der Waals surface area contributed by atoms with Crippen LogP contribution in [-0.4, -0.2) is 33.1 Å². The number of hydrogen-bond donors (Lipinski definition) is 2. The molecule has 2 N–H and O–H groups in total. The molecule has 0 radical (unpaired) electrons. The number of Topliss-reactive ketones (excluding diaryl/α,β-unsaturated/α-hetero) is 1. The summed E-state index contributed by atoms with van der Waals surface area (Å²) >= 11 is 0. The Bertz CT molecular complexity index is 1010. The molecule has 1 unspecified atom stereocenters. The van der Waals surface area contributed by atoms with Gasteiger partial charge < -0.3 is 19.5 Å². The standard InChI is InChI=1S/C18H17F2NO6/c1-21-16-9(7-8(14(19)15(16)20)11-3-2-6-27-11)17(25)13(18(21)26)10(22)4-5-12(23)24/h7,11,25H,2-6H2,1H3,(H,23,24). The average Bonchev–Trinajstić information content (AvgIpc) is 3.14. The molecule has 0 bridgehead atoms. The predicted octanol–water partition coefficient (Wildman–Crippen LogP) is 2.42. The fourth-order valence-corrected chi connectivity index (χ4v) is 3.30. The van der Waals surface area contributed by atoms with Crippen molar-refractivity contribution in [3.63, 3.8) is 0 Å². The smallest absolute Gasteiger partial charge is 0.303 e. The van der Waals surface area contributed by atoms with Crippen LogP contribution in [0.4, 0.5) is 8.78 Å². The second-order valence-corrected chi connectivity index (χ2v) is 6.40. The van der Waals surface area contributed by atoms with E-state index < -0.39 is 64.7 Å². The number of aromatic nitrogens is 1. The number of aryl methyl sites for hydroxylation is 1. The Morgan fingerprint density at radius 1 is 1.30 bits per heavy atom. The SMILES string of the molecule is Cn1c(=O)c(C(=O)CCC(=O)O)c(O)c2cc(C3CCCO3)c(F)c(F)c21. The summed E-state index contributed by atoms with van der Waals surface area (Å²) in [4.78, 5) is 35.3. The van der Waals surface area contributed by atoms with Crippen molar-refractivity contribution in [2.75, 3.05) is 6.61 Å². The fourth-order valence-electron chi connectivity index (χ4n) is 3.30. The fraction of sp³-hybridized carbons (Fsp3) is 0.389. The largest absolute Gasteiger partial charge is 0.506 e. The molecule has 1 saturated heterocycles. The molecule has 1 atom stereocenters. The second kappa shape index (κ2) is 7.07. The molecule has 0 aliphatic carbocycles. The van der Waals surface area contributed by atoms with Gasteiger partial charge in [-0.05, 0) is 18.9 Å². The van der Waals surface area contributed by atoms with Crippen LogP contribution >= 0.6 is 0 Å². The van der Waals surface area contributed by atoms with Crippen molar-refractivity contribution in [2.24, 2.45) is 7.05 Å². The number of benzene rings is 1. The minimum absolute atomic E-state index is 0.101. The number of ketones is 1. The average molecular weight is 381 g/mol. The highest BCUT2D eigenvalue weighted by Gasteiger charge is 2.29. The molecule has 144 valence electrons. The van der Waals surface area contributed by atoms with Crippen LogP contribution in [0.3, 0.4) is 0 Å². The topological polar surface area (TPSA) is 106 Å². The van der Waals surface area contributed by atoms with Crippen molar-refractivity contribution in [1.82, 2.24) is 4.57 Å². The van der Waals surface area contributed by atoms with E-state index >= 15 is 0 Å². The van der Waals surface area contributed by atoms with Crippen LogP contribution in [0.25, 0.3) is 10.9 Å². The van der Waals surface area contributed by atoms with Gasteiger partial charge in [0.05, 0.1) is 18.0 Å². The van der Waals surface area contributed by atoms with E-state index in [-0.39, 0.29) is 10.9 Å². The molecule has 0 spiro atoms. The Kier molecular flexibility index (Phi) is 4.97. The summed E-state index contributed by atoms with van der Waals surface area (Å²) in [5, 5.41) is 18.9. The number of hydrogen-bond acceptors (Lipinski definition) is 5. The van der Waals surface area contributed by atoms with Gasteiger partial charge in [-0.25, -0.2) is 8.78 Å². The maximum absolute atomic E-state index is 14.7. The molecule has 9 heteroatoms. The number of carbonyl (C=O) groups is 2. The zero-order valence-electron chi connectivity index (χ0n) is 14.4. The zero-order chi connectivity index (χ0) is 19.9. The summed E-state index contributed by atoms with van der Waals surface area (Å²) in [6.45, 7) is 0.391. The number of carboxylic acid groups (broad SMARTS) is 1. The van der Waals surface area contributed by atoms with Crippen molar-refractivity contribution in [3.8, 4) is 5.75 Å². The van der Waals surface area contributed by atoms with E-state index in [1.165, 1.54) is 6.07 Å². The molecular weight excluding hydrogens is 364 g/mol. The second-order valence-electron chi connectivity index (χ2n) is 6.40. The summed E-state index contributed by atoms with van der Waals surface area (Å²) in [7, 11) is 1.15. The lowest BCUT2D eigenvalue weighted by Crippen LogP contribution is -2.26. The van der Waals surface area contributed by atoms with E-state index in [1.807, 2.05) is 0 Å². The number of pyridine rings is 1. The van der Waals surface area contributed by atoms with Crippen molar-refractivity contribution in [1.29, 1.82) is 0 Å². The third-order valence-electron chi connectivity index (χ3n) is 4.68. The number of fused-ring (bicyclic) bond motifs is 1. The van der Waals surface area contributed by atoms with Crippen LogP contribution in [0.15, 0.2) is 10.9 Å². The Balaban J connectivity index is 2.25. The third kappa shape index (κ3) is 3.18. The summed E-state index contributed by atoms with van der Waals surface area (Å²) < 4.78 is 35.3. The van der Waals surface area contributed by atoms with E-state index in [2.05, 4.69) is 0 Å². The van der Waals surface area contributed by atoms with Gasteiger partial charge in [0.2, 0.25) is 0 Å². The molecule has 0 amide bonds. The number of nitrogens with zero attached hydrogens (tertiary/aromatic N) is 1. The molecule has 1 aliphatic rings. The quantitative estimate of drug-likeness (QED) is 0.771. The van der Waals surface area contributed by atoms with Crippen LogP contribution in [0.5, 0.6) is 5.75 Å². The monoisotopic (exact) mass is 381 g/mol. The van der Waals surface area contributed by atoms with Gasteiger partial charge in [-0.15, -0.1) is 0 Å². The number of carboxylic acids is 1. The normalized spacial score (nSPS) is 16.8. The minimum Gasteiger partial charge on any atom is -0.506 e. The van der Waals surface area contributed by atoms with Crippen molar-refractivity contribution < 1.29 is 33.3 Å². The van der Waals surface area contributed by atoms with E-state index in [0.29, 0.717) is 19.4 Å². The van der Waals surface area contributed by atoms with Gasteiger partial charge >= 0.3 is 5.97 Å². The number of carbonyl (C=O) groups excluding carboxylic acids is 1. The van der Waals surface area contributed by atoms with Crippen molar-refractivity contribution in [3.05, 3.63) is 39.2 Å². The Morgan fingerprint density at radius 2 is 2.00 bits per heavy atom. The summed E-state index contributed by atoms with van der Waals surface area (Å²) in [6, 6.07) is 1.17. The van der Waals surface area contributed by atoms with Gasteiger partial charge in [-0.3, -0.25) is 14.4 Å². The van der Waals surface area contributed by atoms with Crippen LogP contribution in [0.2, 0.25) is 0 Å². The molecule has 1 aromatic carbocycles. The molecule has 1 fully saturated rings. The lowest BCUT2D eigenvalue weighted by Gasteiger charge is -2.17. The van der Waals surface area contributed by atoms with E-state index in [1.54, 1.807) is 0 Å². The number of aromatic hydroxyl groups is 1. The first-order valence-electron chi connectivity index (χ1n) is 8.34. The van der Waals surface area contributed by atoms with Crippen molar-refractivity contribution in [2.45, 2.75) is 31.8 Å². The van der Waals surface area contributed by atoms with Gasteiger partial charge in [0, 0.05) is 31.0 Å². The van der Waals surface area contributed by atoms with Crippen LogP contribution < -0.4 is 5.56 Å². The maximum atomic E-state index is 14.7. The Labute approximate surface area is 151 Å². The molecule has 7 nitrogen and oxygen atoms in total. The number of rotatable bonds is 5. The molecular formula is C18H17F2NO6. The highest BCUT2D eigenvalue weighted by atomic mass is 19.2. The molecule has 3 rings (SSSR count). The molecule has 2 heterocycles. The third-order valence-corrected chi connectivity index (χ3v) is 4.68. The summed E-state index contributed by atoms with van der Waals surface area (Å²) in [5.41, 5.74) is -2.25. The van der Waals surface area contributed by atoms with Crippen LogP contribution in [0.1, 0.15) is 47.7 Å². The highest BCUT2D eigenvalue weighted by Crippen LogP contribution is 2.37. The maximum Gasteiger partial charge on any atom is 0.303 e. The van der Waals surface area contributed by atoms with Gasteiger partial charge in [0.1, 0.15) is 11.3 Å². The lowest BCUT2D eigenvalue weighted by atomic mass is 9.99. The molecule has 2 aromatic rings. The summed E-state index contributed by atoms with van der Waals surface area (Å²) in [6.07, 6.45) is -0.586. The van der Waals surface area contributed by atoms with E-state index in [4.69, 9.17) is 9.84 Å². The van der Waals surface area contributed by atoms with Gasteiger partial charge in [-0.2, -0.15) is 0 Å². The lowest BCUT2D eigenvalue weighted by molar-refractivity contribution is -0.136. The van der Waals surface area contributed by atoms with Gasteiger partial charge in [0.15, 0.2) is 17.4 Å². The number of halogens is 2. The first kappa shape index (κ1) is 19.0. The van der Waals surface area contributed by atoms with Gasteiger partial charge in [0.25, 0.3) is 5.56 Å². The van der Waals surface area contributed by atoms with Gasteiger partial charge in [-0.1, -0.05) is 0 Å². The predicted molar refractivity (Wildman–Crippen MR) is 89.9 cm³/mol. The number of aliphatic carboxylic acids is 1. The first-order chi connectivity index (χ1) is 12.7. The van der Waals surface area contributed by atoms with Crippen molar-refractivity contribution >= 4 is 22.7 Å². The van der Waals surface area contributed by atoms with E-state index in [0.717, 1.165) is 11.6 Å². The number of ether oxygens (including phenoxy) is 1. The van der Waals surface area contributed by atoms with E-state index in [9.17, 15) is 28.3 Å². The van der Waals surface area contributed by atoms with Crippen LogP contribution in [0, 0.1) is 11.6 Å². The highest BCUT2D eigenvalue weighted by molar-refractivity contribution is 6.04. The molecule has 1 aromatic heterocycles.